The fourth-order valence-electron chi connectivity index (χ4n) is 4.73. The average Bonchev–Trinajstić information content (AvgIpc) is 2.89. The molecule has 0 aliphatic carbocycles. The zero-order valence-electron chi connectivity index (χ0n) is 21.2. The van der Waals surface area contributed by atoms with Crippen molar-refractivity contribution in [2.75, 3.05) is 31.5 Å². The van der Waals surface area contributed by atoms with Gasteiger partial charge in [0.15, 0.2) is 0 Å². The first-order chi connectivity index (χ1) is 18.3. The number of aromatic nitrogens is 2. The maximum Gasteiger partial charge on any atom is 0.237 e. The third-order valence-corrected chi connectivity index (χ3v) is 6.73. The Labute approximate surface area is 220 Å². The van der Waals surface area contributed by atoms with Gasteiger partial charge >= 0.3 is 0 Å². The molecule has 2 aromatic carbocycles. The Morgan fingerprint density at radius 2 is 1.79 bits per heavy atom. The number of nitrogens with zero attached hydrogens (tertiary/aromatic N) is 6. The minimum atomic E-state index is -0.362. The van der Waals surface area contributed by atoms with E-state index >= 15 is 0 Å². The van der Waals surface area contributed by atoms with Crippen molar-refractivity contribution in [1.82, 2.24) is 19.8 Å². The Hall–Kier alpha value is -4.51. The van der Waals surface area contributed by atoms with Gasteiger partial charge in [0.2, 0.25) is 17.7 Å². The molecule has 2 aliphatic rings. The standard InChI is InChI=1S/C28H27N7O3/c1-17-9-20(12-30)10-18(2)26(17)38-27-23-15-35(25(37)16-34-13-22(36)14-34)8-7-24(23)32-28(33-27)31-21-5-3-19(11-29)4-6-21/h3-6,9-10,22,36H,7-8,13-16H2,1-2H3,(H,31,32,33). The summed E-state index contributed by atoms with van der Waals surface area (Å²) in [5, 5.41) is 31.1. The Kier molecular flexibility index (Phi) is 6.93. The highest BCUT2D eigenvalue weighted by Crippen LogP contribution is 2.35. The summed E-state index contributed by atoms with van der Waals surface area (Å²) in [5.74, 6) is 1.28. The largest absolute Gasteiger partial charge is 0.438 e. The lowest BCUT2D eigenvalue weighted by Crippen LogP contribution is -2.54. The van der Waals surface area contributed by atoms with Crippen LogP contribution in [0.1, 0.15) is 33.5 Å². The second-order valence-corrected chi connectivity index (χ2v) is 9.66. The molecule has 38 heavy (non-hydrogen) atoms. The van der Waals surface area contributed by atoms with Crippen LogP contribution in [-0.2, 0) is 17.8 Å². The van der Waals surface area contributed by atoms with Crippen molar-refractivity contribution in [1.29, 1.82) is 10.5 Å². The first-order valence-corrected chi connectivity index (χ1v) is 12.4. The zero-order valence-corrected chi connectivity index (χ0v) is 21.2. The van der Waals surface area contributed by atoms with E-state index in [0.717, 1.165) is 28.1 Å². The van der Waals surface area contributed by atoms with Crippen molar-refractivity contribution in [3.8, 4) is 23.8 Å². The van der Waals surface area contributed by atoms with Gasteiger partial charge in [-0.05, 0) is 61.4 Å². The first-order valence-electron chi connectivity index (χ1n) is 12.4. The molecule has 3 heterocycles. The molecular formula is C28H27N7O3. The fraction of sp³-hybridized carbons (Fsp3) is 0.321. The highest BCUT2D eigenvalue weighted by molar-refractivity contribution is 5.79. The van der Waals surface area contributed by atoms with Gasteiger partial charge in [-0.15, -0.1) is 0 Å². The summed E-state index contributed by atoms with van der Waals surface area (Å²) in [7, 11) is 0. The number of nitrogens with one attached hydrogen (secondary N) is 1. The summed E-state index contributed by atoms with van der Waals surface area (Å²) in [6.07, 6.45) is 0.176. The van der Waals surface area contributed by atoms with Crippen molar-refractivity contribution in [2.45, 2.75) is 32.9 Å². The van der Waals surface area contributed by atoms with Gasteiger partial charge in [0.05, 0.1) is 53.7 Å². The molecule has 0 unspecified atom stereocenters. The number of aliphatic hydroxyl groups excluding tert-OH is 1. The van der Waals surface area contributed by atoms with E-state index in [0.29, 0.717) is 61.3 Å². The number of ether oxygens (including phenoxy) is 1. The van der Waals surface area contributed by atoms with Crippen LogP contribution < -0.4 is 10.1 Å². The van der Waals surface area contributed by atoms with Crippen molar-refractivity contribution >= 4 is 17.5 Å². The number of β-amino-alcohol motifs (C(OH)–C–C–N with tert-alkyl or cyclic N) is 1. The average molecular weight is 510 g/mol. The van der Waals surface area contributed by atoms with Gasteiger partial charge in [-0.3, -0.25) is 9.69 Å². The van der Waals surface area contributed by atoms with Crippen LogP contribution in [-0.4, -0.2) is 63.1 Å². The Morgan fingerprint density at radius 1 is 1.11 bits per heavy atom. The van der Waals surface area contributed by atoms with Crippen LogP contribution in [0.5, 0.6) is 11.6 Å². The summed E-state index contributed by atoms with van der Waals surface area (Å²) in [5.41, 5.74) is 4.96. The normalized spacial score (nSPS) is 15.1. The predicted octanol–water partition coefficient (Wildman–Crippen LogP) is 2.93. The third-order valence-electron chi connectivity index (χ3n) is 6.73. The number of nitriles is 2. The fourth-order valence-corrected chi connectivity index (χ4v) is 4.73. The highest BCUT2D eigenvalue weighted by atomic mass is 16.5. The molecule has 1 aromatic heterocycles. The van der Waals surface area contributed by atoms with Crippen LogP contribution in [0.15, 0.2) is 36.4 Å². The van der Waals surface area contributed by atoms with Crippen molar-refractivity contribution in [3.05, 3.63) is 69.9 Å². The molecule has 0 spiro atoms. The van der Waals surface area contributed by atoms with Crippen molar-refractivity contribution in [2.24, 2.45) is 0 Å². The topological polar surface area (TPSA) is 138 Å². The molecule has 1 amide bonds. The molecule has 10 heteroatoms. The van der Waals surface area contributed by atoms with Crippen LogP contribution in [0.25, 0.3) is 0 Å². The number of anilines is 2. The minimum absolute atomic E-state index is 0.0148. The van der Waals surface area contributed by atoms with Crippen LogP contribution in [0.2, 0.25) is 0 Å². The first kappa shape index (κ1) is 25.2. The Bertz CT molecular complexity index is 1440. The van der Waals surface area contributed by atoms with E-state index in [1.54, 1.807) is 41.3 Å². The summed E-state index contributed by atoms with van der Waals surface area (Å²) in [4.78, 5) is 26.1. The van der Waals surface area contributed by atoms with Crippen molar-refractivity contribution in [3.63, 3.8) is 0 Å². The number of hydrogen-bond acceptors (Lipinski definition) is 9. The second kappa shape index (κ2) is 10.5. The number of carbonyl (C=O) groups excluding carboxylic acids is 1. The molecular weight excluding hydrogens is 482 g/mol. The summed E-state index contributed by atoms with van der Waals surface area (Å²) in [6.45, 7) is 5.86. The molecule has 192 valence electrons. The van der Waals surface area contributed by atoms with Gasteiger partial charge in [0.1, 0.15) is 5.75 Å². The molecule has 0 saturated carbocycles. The van der Waals surface area contributed by atoms with E-state index < -0.39 is 0 Å². The minimum Gasteiger partial charge on any atom is -0.438 e. The number of rotatable bonds is 6. The number of fused-ring (bicyclic) bond motifs is 1. The van der Waals surface area contributed by atoms with E-state index in [1.807, 2.05) is 18.7 Å². The Balaban J connectivity index is 1.46. The van der Waals surface area contributed by atoms with E-state index in [9.17, 15) is 15.2 Å². The molecule has 2 N–H and O–H groups in total. The van der Waals surface area contributed by atoms with Gasteiger partial charge in [-0.2, -0.15) is 15.5 Å². The number of hydrogen-bond donors (Lipinski definition) is 2. The number of aliphatic hydroxyl groups is 1. The van der Waals surface area contributed by atoms with Crippen LogP contribution in [0, 0.1) is 36.5 Å². The van der Waals surface area contributed by atoms with Gasteiger partial charge in [-0.1, -0.05) is 0 Å². The number of aryl methyl sites for hydroxylation is 2. The second-order valence-electron chi connectivity index (χ2n) is 9.66. The molecule has 1 saturated heterocycles. The molecule has 10 nitrogen and oxygen atoms in total. The number of likely N-dealkylation sites (tertiary alicyclic amines) is 1. The number of benzene rings is 2. The SMILES string of the molecule is Cc1cc(C#N)cc(C)c1Oc1nc(Nc2ccc(C#N)cc2)nc2c1CN(C(=O)CN1CC(O)C1)CC2. The summed E-state index contributed by atoms with van der Waals surface area (Å²) >= 11 is 0. The lowest BCUT2D eigenvalue weighted by atomic mass is 10.0. The van der Waals surface area contributed by atoms with Crippen LogP contribution in [0.3, 0.4) is 0 Å². The quantitative estimate of drug-likeness (QED) is 0.513. The van der Waals surface area contributed by atoms with Crippen molar-refractivity contribution < 1.29 is 14.6 Å². The Morgan fingerprint density at radius 3 is 2.42 bits per heavy atom. The number of amides is 1. The van der Waals surface area contributed by atoms with Gasteiger partial charge in [0.25, 0.3) is 0 Å². The smallest absolute Gasteiger partial charge is 0.237 e. The molecule has 5 rings (SSSR count). The molecule has 0 radical (unpaired) electrons. The van der Waals surface area contributed by atoms with E-state index in [4.69, 9.17) is 15.0 Å². The zero-order chi connectivity index (χ0) is 26.8. The maximum absolute atomic E-state index is 13.0. The predicted molar refractivity (Wildman–Crippen MR) is 139 cm³/mol. The molecule has 0 bridgehead atoms. The van der Waals surface area contributed by atoms with Crippen LogP contribution in [0.4, 0.5) is 11.6 Å². The van der Waals surface area contributed by atoms with E-state index in [-0.39, 0.29) is 18.6 Å². The van der Waals surface area contributed by atoms with E-state index in [2.05, 4.69) is 22.4 Å². The monoisotopic (exact) mass is 509 g/mol. The maximum atomic E-state index is 13.0. The van der Waals surface area contributed by atoms with Gasteiger partial charge in [0, 0.05) is 31.7 Å². The third kappa shape index (κ3) is 5.28. The summed E-state index contributed by atoms with van der Waals surface area (Å²) < 4.78 is 6.38. The number of carbonyl (C=O) groups is 1. The lowest BCUT2D eigenvalue weighted by molar-refractivity contribution is -0.136. The molecule has 0 atom stereocenters. The molecule has 1 fully saturated rings. The summed E-state index contributed by atoms with van der Waals surface area (Å²) in [6, 6.07) is 14.8. The highest BCUT2D eigenvalue weighted by Gasteiger charge is 2.31. The molecule has 3 aromatic rings. The van der Waals surface area contributed by atoms with Crippen LogP contribution >= 0.6 is 0 Å². The van der Waals surface area contributed by atoms with Gasteiger partial charge in [-0.25, -0.2) is 4.98 Å². The lowest BCUT2D eigenvalue weighted by Gasteiger charge is -2.37. The van der Waals surface area contributed by atoms with E-state index in [1.165, 1.54) is 0 Å². The van der Waals surface area contributed by atoms with Gasteiger partial charge < -0.3 is 20.1 Å². The molecule has 2 aliphatic heterocycles.